The van der Waals surface area contributed by atoms with Gasteiger partial charge in [-0.05, 0) is 43.3 Å². The number of hydrogen-bond acceptors (Lipinski definition) is 8. The van der Waals surface area contributed by atoms with Crippen LogP contribution in [-0.4, -0.2) is 55.5 Å². The summed E-state index contributed by atoms with van der Waals surface area (Å²) in [5, 5.41) is 8.95. The molecule has 0 saturated carbocycles. The van der Waals surface area contributed by atoms with E-state index in [1.807, 2.05) is 37.3 Å². The second-order valence-electron chi connectivity index (χ2n) is 7.93. The van der Waals surface area contributed by atoms with Crippen LogP contribution in [-0.2, 0) is 4.74 Å². The summed E-state index contributed by atoms with van der Waals surface area (Å²) in [5.74, 6) is 2.71. The maximum atomic E-state index is 12.4. The lowest BCUT2D eigenvalue weighted by molar-refractivity contribution is 0.122. The van der Waals surface area contributed by atoms with Crippen LogP contribution < -0.4 is 30.3 Å². The molecule has 176 valence electrons. The number of ether oxygens (including phenoxy) is 3. The molecule has 0 radical (unpaired) electrons. The Labute approximate surface area is 197 Å². The molecule has 2 aliphatic heterocycles. The quantitative estimate of drug-likeness (QED) is 0.526. The predicted molar refractivity (Wildman–Crippen MR) is 130 cm³/mol. The third-order valence-corrected chi connectivity index (χ3v) is 5.35. The first-order valence-corrected chi connectivity index (χ1v) is 11.2. The molecule has 2 aromatic carbocycles. The first-order valence-electron chi connectivity index (χ1n) is 11.2. The van der Waals surface area contributed by atoms with Crippen molar-refractivity contribution >= 4 is 34.9 Å². The minimum absolute atomic E-state index is 0.348. The van der Waals surface area contributed by atoms with E-state index < -0.39 is 0 Å². The van der Waals surface area contributed by atoms with E-state index in [2.05, 4.69) is 30.8 Å². The zero-order valence-corrected chi connectivity index (χ0v) is 18.8. The van der Waals surface area contributed by atoms with Crippen LogP contribution >= 0.6 is 0 Å². The van der Waals surface area contributed by atoms with E-state index in [1.54, 1.807) is 18.2 Å². The maximum absolute atomic E-state index is 12.4. The largest absolute Gasteiger partial charge is 0.486 e. The smallest absolute Gasteiger partial charge is 0.323 e. The van der Waals surface area contributed by atoms with Crippen molar-refractivity contribution in [3.63, 3.8) is 0 Å². The van der Waals surface area contributed by atoms with Gasteiger partial charge >= 0.3 is 6.03 Å². The Morgan fingerprint density at radius 2 is 1.50 bits per heavy atom. The van der Waals surface area contributed by atoms with Gasteiger partial charge in [-0.1, -0.05) is 0 Å². The summed E-state index contributed by atoms with van der Waals surface area (Å²) in [6, 6.07) is 14.3. The molecule has 2 aliphatic rings. The number of morpholine rings is 1. The van der Waals surface area contributed by atoms with Crippen molar-refractivity contribution in [1.82, 2.24) is 9.97 Å². The Bertz CT molecular complexity index is 1160. The Kier molecular flexibility index (Phi) is 6.30. The highest BCUT2D eigenvalue weighted by Crippen LogP contribution is 2.32. The van der Waals surface area contributed by atoms with Crippen LogP contribution in [0.1, 0.15) is 5.69 Å². The van der Waals surface area contributed by atoms with Gasteiger partial charge in [0.05, 0.1) is 13.2 Å². The van der Waals surface area contributed by atoms with E-state index in [4.69, 9.17) is 14.2 Å². The average molecular weight is 463 g/mol. The monoisotopic (exact) mass is 462 g/mol. The van der Waals surface area contributed by atoms with Gasteiger partial charge in [0.1, 0.15) is 19.0 Å². The minimum Gasteiger partial charge on any atom is -0.486 e. The van der Waals surface area contributed by atoms with Crippen LogP contribution in [0.25, 0.3) is 0 Å². The van der Waals surface area contributed by atoms with E-state index in [1.165, 1.54) is 0 Å². The molecule has 10 nitrogen and oxygen atoms in total. The number of benzene rings is 2. The summed E-state index contributed by atoms with van der Waals surface area (Å²) in [6.45, 7) is 5.87. The highest BCUT2D eigenvalue weighted by Gasteiger charge is 2.15. The van der Waals surface area contributed by atoms with Crippen LogP contribution in [0, 0.1) is 6.92 Å². The summed E-state index contributed by atoms with van der Waals surface area (Å²) < 4.78 is 16.5. The zero-order chi connectivity index (χ0) is 23.3. The fourth-order valence-corrected chi connectivity index (χ4v) is 3.72. The number of amides is 2. The lowest BCUT2D eigenvalue weighted by Gasteiger charge is -2.27. The zero-order valence-electron chi connectivity index (χ0n) is 18.8. The molecule has 5 rings (SSSR count). The molecule has 3 aromatic rings. The number of nitrogens with zero attached hydrogens (tertiary/aromatic N) is 3. The molecule has 34 heavy (non-hydrogen) atoms. The maximum Gasteiger partial charge on any atom is 0.323 e. The lowest BCUT2D eigenvalue weighted by Crippen LogP contribution is -2.37. The SMILES string of the molecule is Cc1cc(Nc2ccc(NC(=O)Nc3ccc4c(c3)OCCO4)cc2)nc(N2CCOCC2)n1. The number of urea groups is 1. The highest BCUT2D eigenvalue weighted by atomic mass is 16.6. The van der Waals surface area contributed by atoms with Crippen LogP contribution in [0.2, 0.25) is 0 Å². The molecule has 0 bridgehead atoms. The molecule has 3 N–H and O–H groups in total. The van der Waals surface area contributed by atoms with Gasteiger partial charge in [-0.15, -0.1) is 0 Å². The molecule has 0 atom stereocenters. The Balaban J connectivity index is 1.19. The van der Waals surface area contributed by atoms with Crippen molar-refractivity contribution in [2.75, 3.05) is 60.4 Å². The van der Waals surface area contributed by atoms with Crippen molar-refractivity contribution in [3.8, 4) is 11.5 Å². The fourth-order valence-electron chi connectivity index (χ4n) is 3.72. The molecule has 0 aliphatic carbocycles. The molecule has 0 spiro atoms. The number of anilines is 5. The second-order valence-corrected chi connectivity index (χ2v) is 7.93. The third kappa shape index (κ3) is 5.29. The van der Waals surface area contributed by atoms with Gasteiger partial charge in [-0.3, -0.25) is 0 Å². The standard InChI is InChI=1S/C24H26N6O4/c1-16-14-22(29-23(25-16)30-8-10-32-11-9-30)26-17-2-4-18(5-3-17)27-24(31)28-19-6-7-20-21(15-19)34-13-12-33-20/h2-7,14-15H,8-13H2,1H3,(H,25,26,29)(H2,27,28,31). The molecule has 10 heteroatoms. The summed E-state index contributed by atoms with van der Waals surface area (Å²) in [4.78, 5) is 23.7. The van der Waals surface area contributed by atoms with Crippen LogP contribution in [0.15, 0.2) is 48.5 Å². The molecular weight excluding hydrogens is 436 g/mol. The normalized spacial score (nSPS) is 14.9. The minimum atomic E-state index is -0.348. The van der Waals surface area contributed by atoms with E-state index >= 15 is 0 Å². The van der Waals surface area contributed by atoms with E-state index in [0.29, 0.717) is 61.1 Å². The Morgan fingerprint density at radius 1 is 0.824 bits per heavy atom. The first kappa shape index (κ1) is 21.8. The van der Waals surface area contributed by atoms with Gasteiger partial charge in [-0.25, -0.2) is 9.78 Å². The van der Waals surface area contributed by atoms with Crippen LogP contribution in [0.5, 0.6) is 11.5 Å². The number of rotatable bonds is 5. The summed E-state index contributed by atoms with van der Waals surface area (Å²) in [6.07, 6.45) is 0. The number of nitrogens with one attached hydrogen (secondary N) is 3. The molecule has 0 unspecified atom stereocenters. The van der Waals surface area contributed by atoms with Crippen molar-refractivity contribution in [2.45, 2.75) is 6.92 Å². The van der Waals surface area contributed by atoms with E-state index in [9.17, 15) is 4.79 Å². The summed E-state index contributed by atoms with van der Waals surface area (Å²) in [7, 11) is 0. The van der Waals surface area contributed by atoms with Crippen molar-refractivity contribution in [1.29, 1.82) is 0 Å². The first-order chi connectivity index (χ1) is 16.6. The van der Waals surface area contributed by atoms with Crippen molar-refractivity contribution < 1.29 is 19.0 Å². The number of fused-ring (bicyclic) bond motifs is 1. The van der Waals surface area contributed by atoms with Gasteiger partial charge < -0.3 is 35.1 Å². The van der Waals surface area contributed by atoms with Gasteiger partial charge in [-0.2, -0.15) is 4.98 Å². The molecule has 1 saturated heterocycles. The number of hydrogen-bond donors (Lipinski definition) is 3. The predicted octanol–water partition coefficient (Wildman–Crippen LogP) is 3.78. The number of aryl methyl sites for hydroxylation is 1. The molecule has 1 fully saturated rings. The van der Waals surface area contributed by atoms with Crippen LogP contribution in [0.4, 0.5) is 33.6 Å². The molecule has 2 amide bonds. The molecule has 3 heterocycles. The van der Waals surface area contributed by atoms with E-state index in [0.717, 1.165) is 24.5 Å². The summed E-state index contributed by atoms with van der Waals surface area (Å²) in [5.41, 5.74) is 3.01. The molecular formula is C24H26N6O4. The number of aromatic nitrogens is 2. The second kappa shape index (κ2) is 9.84. The highest BCUT2D eigenvalue weighted by molar-refractivity contribution is 6.00. The molecule has 1 aromatic heterocycles. The van der Waals surface area contributed by atoms with Crippen molar-refractivity contribution in [3.05, 3.63) is 54.2 Å². The number of carbonyl (C=O) groups excluding carboxylic acids is 1. The summed E-state index contributed by atoms with van der Waals surface area (Å²) >= 11 is 0. The van der Waals surface area contributed by atoms with Crippen molar-refractivity contribution in [2.24, 2.45) is 0 Å². The van der Waals surface area contributed by atoms with Gasteiger partial charge in [0.2, 0.25) is 5.95 Å². The lowest BCUT2D eigenvalue weighted by atomic mass is 10.2. The Morgan fingerprint density at radius 3 is 2.29 bits per heavy atom. The fraction of sp³-hybridized carbons (Fsp3) is 0.292. The third-order valence-electron chi connectivity index (χ3n) is 5.35. The van der Waals surface area contributed by atoms with Gasteiger partial charge in [0.15, 0.2) is 11.5 Å². The average Bonchev–Trinajstić information content (AvgIpc) is 2.85. The number of carbonyl (C=O) groups is 1. The topological polar surface area (TPSA) is 110 Å². The van der Waals surface area contributed by atoms with Crippen LogP contribution in [0.3, 0.4) is 0 Å². The Hall–Kier alpha value is -4.05. The van der Waals surface area contributed by atoms with E-state index in [-0.39, 0.29) is 6.03 Å². The van der Waals surface area contributed by atoms with Gasteiger partial charge in [0, 0.05) is 48.0 Å². The van der Waals surface area contributed by atoms with Gasteiger partial charge in [0.25, 0.3) is 0 Å².